The predicted octanol–water partition coefficient (Wildman–Crippen LogP) is 3.19. The molecule has 0 saturated carbocycles. The molecule has 2 N–H and O–H groups in total. The van der Waals surface area contributed by atoms with Gasteiger partial charge >= 0.3 is 5.97 Å². The number of rotatable bonds is 7. The highest BCUT2D eigenvalue weighted by atomic mass is 16.6. The monoisotopic (exact) mass is 424 g/mol. The lowest BCUT2D eigenvalue weighted by Crippen LogP contribution is -2.31. The van der Waals surface area contributed by atoms with Gasteiger partial charge in [-0.1, -0.05) is 42.0 Å². The van der Waals surface area contributed by atoms with Crippen molar-refractivity contribution in [3.63, 3.8) is 0 Å². The van der Waals surface area contributed by atoms with Crippen LogP contribution in [0.5, 0.6) is 0 Å². The number of carbonyl (C=O) groups is 3. The molecule has 1 amide bonds. The molecule has 1 fully saturated rings. The summed E-state index contributed by atoms with van der Waals surface area (Å²) in [5.74, 6) is -3.26. The number of nitrogens with zero attached hydrogens (tertiary/aromatic N) is 2. The minimum atomic E-state index is -1.07. The Bertz CT molecular complexity index is 1090. The summed E-state index contributed by atoms with van der Waals surface area (Å²) < 4.78 is 0. The minimum absolute atomic E-state index is 0.0606. The summed E-state index contributed by atoms with van der Waals surface area (Å²) in [7, 11) is 0. The molecule has 3 rings (SSSR count). The van der Waals surface area contributed by atoms with Crippen LogP contribution >= 0.6 is 0 Å². The fourth-order valence-electron chi connectivity index (χ4n) is 3.53. The van der Waals surface area contributed by atoms with Gasteiger partial charge in [0, 0.05) is 30.7 Å². The molecule has 9 nitrogen and oxygen atoms in total. The van der Waals surface area contributed by atoms with E-state index in [-0.39, 0.29) is 36.2 Å². The van der Waals surface area contributed by atoms with E-state index >= 15 is 0 Å². The van der Waals surface area contributed by atoms with Gasteiger partial charge in [-0.25, -0.2) is 0 Å². The number of amides is 1. The molecule has 1 saturated heterocycles. The molecule has 9 heteroatoms. The Morgan fingerprint density at radius 1 is 1.13 bits per heavy atom. The number of aliphatic hydroxyl groups excluding tert-OH is 1. The lowest BCUT2D eigenvalue weighted by molar-refractivity contribution is -0.384. The first-order valence-corrected chi connectivity index (χ1v) is 9.52. The molecular weight excluding hydrogens is 404 g/mol. The van der Waals surface area contributed by atoms with Gasteiger partial charge < -0.3 is 15.1 Å². The quantitative estimate of drug-likeness (QED) is 0.229. The number of likely N-dealkylation sites (tertiary alicyclic amines) is 1. The van der Waals surface area contributed by atoms with Crippen LogP contribution in [0.25, 0.3) is 5.76 Å². The summed E-state index contributed by atoms with van der Waals surface area (Å²) in [6, 6.07) is 11.1. The molecule has 0 bridgehead atoms. The van der Waals surface area contributed by atoms with E-state index in [1.54, 1.807) is 24.3 Å². The molecule has 1 heterocycles. The molecule has 1 unspecified atom stereocenters. The Kier molecular flexibility index (Phi) is 6.15. The number of Topliss-reactive ketones (excluding diaryl/α,β-unsaturated/α-hetero) is 1. The van der Waals surface area contributed by atoms with Gasteiger partial charge in [0.25, 0.3) is 17.4 Å². The van der Waals surface area contributed by atoms with Crippen molar-refractivity contribution in [3.05, 3.63) is 80.9 Å². The third kappa shape index (κ3) is 4.45. The third-order valence-electron chi connectivity index (χ3n) is 5.05. The van der Waals surface area contributed by atoms with E-state index < -0.39 is 34.4 Å². The Labute approximate surface area is 177 Å². The number of aliphatic carboxylic acids is 1. The van der Waals surface area contributed by atoms with Crippen molar-refractivity contribution in [2.24, 2.45) is 0 Å². The molecule has 0 spiro atoms. The van der Waals surface area contributed by atoms with Gasteiger partial charge in [0.15, 0.2) is 0 Å². The van der Waals surface area contributed by atoms with Crippen molar-refractivity contribution >= 4 is 29.1 Å². The van der Waals surface area contributed by atoms with Crippen LogP contribution < -0.4 is 0 Å². The SMILES string of the molecule is Cc1ccc(/C(O)=C2/C(=O)C(=O)N(CCCC(=O)O)C2c2cccc([N+](=O)[O-])c2)cc1. The molecular formula is C22H20N2O7. The van der Waals surface area contributed by atoms with E-state index in [0.717, 1.165) is 10.5 Å². The highest BCUT2D eigenvalue weighted by Gasteiger charge is 2.46. The average molecular weight is 424 g/mol. The van der Waals surface area contributed by atoms with Crippen molar-refractivity contribution in [2.45, 2.75) is 25.8 Å². The van der Waals surface area contributed by atoms with Crippen LogP contribution in [0.2, 0.25) is 0 Å². The maximum atomic E-state index is 12.8. The molecule has 0 aliphatic carbocycles. The number of aliphatic hydroxyl groups is 1. The van der Waals surface area contributed by atoms with E-state index in [2.05, 4.69) is 0 Å². The fourth-order valence-corrected chi connectivity index (χ4v) is 3.53. The Hall–Kier alpha value is -4.01. The molecule has 31 heavy (non-hydrogen) atoms. The molecule has 1 aliphatic rings. The second kappa shape index (κ2) is 8.78. The van der Waals surface area contributed by atoms with Crippen LogP contribution in [0.3, 0.4) is 0 Å². The van der Waals surface area contributed by atoms with Crippen molar-refractivity contribution < 1.29 is 29.5 Å². The number of carboxylic acids is 1. The fraction of sp³-hybridized carbons (Fsp3) is 0.227. The highest BCUT2D eigenvalue weighted by Crippen LogP contribution is 2.40. The van der Waals surface area contributed by atoms with Crippen LogP contribution in [0.15, 0.2) is 54.1 Å². The Morgan fingerprint density at radius 3 is 2.42 bits per heavy atom. The first-order chi connectivity index (χ1) is 14.7. The first kappa shape index (κ1) is 21.7. The van der Waals surface area contributed by atoms with E-state index in [9.17, 15) is 29.6 Å². The zero-order valence-electron chi connectivity index (χ0n) is 16.6. The normalized spacial score (nSPS) is 17.7. The van der Waals surface area contributed by atoms with Gasteiger partial charge in [0.05, 0.1) is 16.5 Å². The van der Waals surface area contributed by atoms with E-state index in [0.29, 0.717) is 5.56 Å². The van der Waals surface area contributed by atoms with Gasteiger partial charge in [0.2, 0.25) is 0 Å². The summed E-state index contributed by atoms with van der Waals surface area (Å²) in [4.78, 5) is 48.2. The largest absolute Gasteiger partial charge is 0.507 e. The van der Waals surface area contributed by atoms with E-state index in [4.69, 9.17) is 5.11 Å². The molecule has 0 radical (unpaired) electrons. The van der Waals surface area contributed by atoms with Crippen LogP contribution in [0, 0.1) is 17.0 Å². The number of carbonyl (C=O) groups excluding carboxylic acids is 2. The number of non-ortho nitro benzene ring substituents is 1. The average Bonchev–Trinajstić information content (AvgIpc) is 2.98. The summed E-state index contributed by atoms with van der Waals surface area (Å²) in [5.41, 5.74) is 1.11. The predicted molar refractivity (Wildman–Crippen MR) is 110 cm³/mol. The summed E-state index contributed by atoms with van der Waals surface area (Å²) in [5, 5.41) is 31.0. The number of nitro benzene ring substituents is 1. The van der Waals surface area contributed by atoms with Crippen LogP contribution in [-0.2, 0) is 14.4 Å². The van der Waals surface area contributed by atoms with Crippen LogP contribution in [0.1, 0.15) is 35.6 Å². The molecule has 0 aromatic heterocycles. The maximum absolute atomic E-state index is 12.8. The summed E-state index contributed by atoms with van der Waals surface area (Å²) >= 11 is 0. The first-order valence-electron chi connectivity index (χ1n) is 9.52. The topological polar surface area (TPSA) is 138 Å². The number of carboxylic acid groups (broad SMARTS) is 1. The lowest BCUT2D eigenvalue weighted by Gasteiger charge is -2.25. The second-order valence-electron chi connectivity index (χ2n) is 7.21. The van der Waals surface area contributed by atoms with Gasteiger partial charge in [0.1, 0.15) is 5.76 Å². The second-order valence-corrected chi connectivity index (χ2v) is 7.21. The molecule has 1 atom stereocenters. The molecule has 2 aromatic rings. The summed E-state index contributed by atoms with van der Waals surface area (Å²) in [6.45, 7) is 1.79. The summed E-state index contributed by atoms with van der Waals surface area (Å²) in [6.07, 6.45) is -0.138. The molecule has 1 aliphatic heterocycles. The van der Waals surface area contributed by atoms with Crippen molar-refractivity contribution in [1.29, 1.82) is 0 Å². The number of ketones is 1. The van der Waals surface area contributed by atoms with Gasteiger partial charge in [-0.2, -0.15) is 0 Å². The van der Waals surface area contributed by atoms with Crippen molar-refractivity contribution in [3.8, 4) is 0 Å². The van der Waals surface area contributed by atoms with Crippen LogP contribution in [-0.4, -0.2) is 44.2 Å². The number of hydrogen-bond donors (Lipinski definition) is 2. The van der Waals surface area contributed by atoms with E-state index in [1.165, 1.54) is 24.3 Å². The highest BCUT2D eigenvalue weighted by molar-refractivity contribution is 6.46. The Balaban J connectivity index is 2.14. The van der Waals surface area contributed by atoms with Crippen LogP contribution in [0.4, 0.5) is 5.69 Å². The standard InChI is InChI=1S/C22H20N2O7/c1-13-7-9-14(10-8-13)20(27)18-19(15-4-2-5-16(12-15)24(30)31)23(22(29)21(18)28)11-3-6-17(25)26/h2,4-5,7-10,12,19,27H,3,6,11H2,1H3,(H,25,26)/b20-18-. The maximum Gasteiger partial charge on any atom is 0.303 e. The number of nitro groups is 1. The Morgan fingerprint density at radius 2 is 1.81 bits per heavy atom. The smallest absolute Gasteiger partial charge is 0.303 e. The van der Waals surface area contributed by atoms with Gasteiger partial charge in [-0.3, -0.25) is 24.5 Å². The zero-order valence-corrected chi connectivity index (χ0v) is 16.6. The number of hydrogen-bond acceptors (Lipinski definition) is 6. The van der Waals surface area contributed by atoms with Gasteiger partial charge in [-0.15, -0.1) is 0 Å². The zero-order chi connectivity index (χ0) is 22.7. The number of benzene rings is 2. The van der Waals surface area contributed by atoms with E-state index in [1.807, 2.05) is 6.92 Å². The van der Waals surface area contributed by atoms with Crippen molar-refractivity contribution in [1.82, 2.24) is 4.90 Å². The molecule has 160 valence electrons. The lowest BCUT2D eigenvalue weighted by atomic mass is 9.94. The molecule has 2 aromatic carbocycles. The van der Waals surface area contributed by atoms with Gasteiger partial charge in [-0.05, 0) is 18.9 Å². The third-order valence-corrected chi connectivity index (χ3v) is 5.05. The number of aryl methyl sites for hydroxylation is 1. The van der Waals surface area contributed by atoms with Crippen molar-refractivity contribution in [2.75, 3.05) is 6.54 Å². The minimum Gasteiger partial charge on any atom is -0.507 e.